The second-order valence-electron chi connectivity index (χ2n) is 5.77. The van der Waals surface area contributed by atoms with Crippen LogP contribution in [-0.4, -0.2) is 25.2 Å². The first-order valence-corrected chi connectivity index (χ1v) is 7.25. The van der Waals surface area contributed by atoms with E-state index in [-0.39, 0.29) is 11.1 Å². The summed E-state index contributed by atoms with van der Waals surface area (Å²) in [6.07, 6.45) is 4.10. The highest BCUT2D eigenvalue weighted by Gasteiger charge is 2.17. The van der Waals surface area contributed by atoms with Gasteiger partial charge in [-0.05, 0) is 30.9 Å². The lowest BCUT2D eigenvalue weighted by Gasteiger charge is -2.12. The molecule has 0 atom stereocenters. The highest BCUT2D eigenvalue weighted by Crippen LogP contribution is 2.08. The number of amides is 1. The van der Waals surface area contributed by atoms with E-state index in [1.807, 2.05) is 0 Å². The quantitative estimate of drug-likeness (QED) is 0.909. The topological polar surface area (TPSA) is 81.8 Å². The zero-order valence-electron chi connectivity index (χ0n) is 13.3. The number of rotatable bonds is 5. The first-order chi connectivity index (χ1) is 10.4. The standard InChI is InChI=1S/C15H21N5O2/c1-10(2)5-7-20-8-6-11(3)12(14(20)22)13(21)17-15-18-16-9-19(15)4/h6,8-10H,5,7H2,1-4H3,(H,17,18,21). The molecule has 0 aliphatic heterocycles. The third kappa shape index (κ3) is 3.41. The molecule has 0 saturated heterocycles. The van der Waals surface area contributed by atoms with Gasteiger partial charge in [-0.2, -0.15) is 0 Å². The van der Waals surface area contributed by atoms with Crippen molar-refractivity contribution >= 4 is 11.9 Å². The average Bonchev–Trinajstić information content (AvgIpc) is 2.83. The Balaban J connectivity index is 2.29. The van der Waals surface area contributed by atoms with E-state index >= 15 is 0 Å². The molecule has 0 aliphatic rings. The lowest BCUT2D eigenvalue weighted by Crippen LogP contribution is -2.31. The molecule has 7 heteroatoms. The molecule has 118 valence electrons. The monoisotopic (exact) mass is 303 g/mol. The largest absolute Gasteiger partial charge is 0.315 e. The smallest absolute Gasteiger partial charge is 0.263 e. The zero-order chi connectivity index (χ0) is 16.3. The number of aromatic nitrogens is 4. The number of carbonyl (C=O) groups is 1. The van der Waals surface area contributed by atoms with Crippen molar-refractivity contribution in [2.75, 3.05) is 5.32 Å². The van der Waals surface area contributed by atoms with E-state index in [9.17, 15) is 9.59 Å². The zero-order valence-corrected chi connectivity index (χ0v) is 13.3. The third-order valence-corrected chi connectivity index (χ3v) is 3.48. The lowest BCUT2D eigenvalue weighted by atomic mass is 10.1. The number of anilines is 1. The molecular weight excluding hydrogens is 282 g/mol. The molecular formula is C15H21N5O2. The van der Waals surface area contributed by atoms with Crippen molar-refractivity contribution in [1.82, 2.24) is 19.3 Å². The summed E-state index contributed by atoms with van der Waals surface area (Å²) < 4.78 is 3.16. The van der Waals surface area contributed by atoms with Crippen LogP contribution in [0.3, 0.4) is 0 Å². The minimum atomic E-state index is -0.461. The van der Waals surface area contributed by atoms with Gasteiger partial charge < -0.3 is 9.13 Å². The van der Waals surface area contributed by atoms with Crippen LogP contribution in [0, 0.1) is 12.8 Å². The van der Waals surface area contributed by atoms with Crippen LogP contribution in [0.2, 0.25) is 0 Å². The lowest BCUT2D eigenvalue weighted by molar-refractivity contribution is 0.102. The van der Waals surface area contributed by atoms with Gasteiger partial charge in [-0.15, -0.1) is 10.2 Å². The molecule has 0 bridgehead atoms. The molecule has 0 spiro atoms. The maximum absolute atomic E-state index is 12.5. The Bertz CT molecular complexity index is 730. The Labute approximate surface area is 129 Å². The van der Waals surface area contributed by atoms with Gasteiger partial charge in [-0.1, -0.05) is 13.8 Å². The van der Waals surface area contributed by atoms with Gasteiger partial charge in [-0.25, -0.2) is 0 Å². The summed E-state index contributed by atoms with van der Waals surface area (Å²) in [7, 11) is 1.72. The van der Waals surface area contributed by atoms with Crippen LogP contribution in [0.15, 0.2) is 23.4 Å². The van der Waals surface area contributed by atoms with Crippen LogP contribution >= 0.6 is 0 Å². The van der Waals surface area contributed by atoms with Gasteiger partial charge in [0.25, 0.3) is 11.5 Å². The minimum Gasteiger partial charge on any atom is -0.315 e. The first-order valence-electron chi connectivity index (χ1n) is 7.25. The minimum absolute atomic E-state index is 0.147. The van der Waals surface area contributed by atoms with Gasteiger partial charge in [0.1, 0.15) is 11.9 Å². The van der Waals surface area contributed by atoms with Crippen molar-refractivity contribution < 1.29 is 4.79 Å². The Morgan fingerprint density at radius 2 is 2.14 bits per heavy atom. The van der Waals surface area contributed by atoms with Crippen LogP contribution in [0.4, 0.5) is 5.95 Å². The fourth-order valence-electron chi connectivity index (χ4n) is 2.08. The summed E-state index contributed by atoms with van der Waals surface area (Å²) in [6, 6.07) is 1.79. The summed E-state index contributed by atoms with van der Waals surface area (Å²) in [4.78, 5) is 24.9. The molecule has 2 heterocycles. The highest BCUT2D eigenvalue weighted by molar-refractivity contribution is 6.04. The number of pyridine rings is 1. The van der Waals surface area contributed by atoms with Crippen molar-refractivity contribution in [2.45, 2.75) is 33.7 Å². The van der Waals surface area contributed by atoms with Crippen LogP contribution < -0.4 is 10.9 Å². The van der Waals surface area contributed by atoms with Crippen molar-refractivity contribution in [3.63, 3.8) is 0 Å². The molecule has 0 aromatic carbocycles. The predicted octanol–water partition coefficient (Wildman–Crippen LogP) is 1.58. The molecule has 2 aromatic heterocycles. The Kier molecular flexibility index (Phi) is 4.75. The molecule has 0 saturated carbocycles. The Morgan fingerprint density at radius 3 is 2.73 bits per heavy atom. The average molecular weight is 303 g/mol. The van der Waals surface area contributed by atoms with Crippen molar-refractivity contribution in [3.8, 4) is 0 Å². The molecule has 0 aliphatic carbocycles. The molecule has 7 nitrogen and oxygen atoms in total. The van der Waals surface area contributed by atoms with Crippen LogP contribution in [0.25, 0.3) is 0 Å². The molecule has 0 radical (unpaired) electrons. The number of carbonyl (C=O) groups excluding carboxylic acids is 1. The molecule has 1 amide bonds. The van der Waals surface area contributed by atoms with Gasteiger partial charge in [0.15, 0.2) is 0 Å². The van der Waals surface area contributed by atoms with Crippen molar-refractivity contribution in [2.24, 2.45) is 13.0 Å². The molecule has 0 unspecified atom stereocenters. The normalized spacial score (nSPS) is 11.0. The van der Waals surface area contributed by atoms with Gasteiger partial charge in [0.05, 0.1) is 0 Å². The summed E-state index contributed by atoms with van der Waals surface area (Å²) in [5.41, 5.74) is 0.514. The summed E-state index contributed by atoms with van der Waals surface area (Å²) >= 11 is 0. The van der Waals surface area contributed by atoms with Gasteiger partial charge in [-0.3, -0.25) is 14.9 Å². The van der Waals surface area contributed by atoms with E-state index < -0.39 is 5.91 Å². The predicted molar refractivity (Wildman–Crippen MR) is 83.9 cm³/mol. The van der Waals surface area contributed by atoms with Gasteiger partial charge >= 0.3 is 0 Å². The second kappa shape index (κ2) is 6.55. The molecule has 22 heavy (non-hydrogen) atoms. The second-order valence-corrected chi connectivity index (χ2v) is 5.77. The number of hydrogen-bond donors (Lipinski definition) is 1. The molecule has 0 fully saturated rings. The summed E-state index contributed by atoms with van der Waals surface area (Å²) in [6.45, 7) is 6.54. The molecule has 1 N–H and O–H groups in total. The van der Waals surface area contributed by atoms with Gasteiger partial charge in [0, 0.05) is 19.8 Å². The Hall–Kier alpha value is -2.44. The number of nitrogens with zero attached hydrogens (tertiary/aromatic N) is 4. The molecule has 2 aromatic rings. The summed E-state index contributed by atoms with van der Waals surface area (Å²) in [5.74, 6) is 0.336. The van der Waals surface area contributed by atoms with Crippen LogP contribution in [0.1, 0.15) is 36.2 Å². The summed E-state index contributed by atoms with van der Waals surface area (Å²) in [5, 5.41) is 10.1. The van der Waals surface area contributed by atoms with E-state index in [0.29, 0.717) is 24.0 Å². The highest BCUT2D eigenvalue weighted by atomic mass is 16.2. The van der Waals surface area contributed by atoms with Crippen molar-refractivity contribution in [3.05, 3.63) is 40.1 Å². The fraction of sp³-hybridized carbons (Fsp3) is 0.467. The number of hydrogen-bond acceptors (Lipinski definition) is 4. The maximum atomic E-state index is 12.5. The first kappa shape index (κ1) is 15.9. The van der Waals surface area contributed by atoms with Crippen molar-refractivity contribution in [1.29, 1.82) is 0 Å². The van der Waals surface area contributed by atoms with E-state index in [1.54, 1.807) is 35.4 Å². The third-order valence-electron chi connectivity index (χ3n) is 3.48. The number of nitrogens with one attached hydrogen (secondary N) is 1. The van der Waals surface area contributed by atoms with E-state index in [2.05, 4.69) is 29.4 Å². The van der Waals surface area contributed by atoms with Crippen LogP contribution in [0.5, 0.6) is 0 Å². The van der Waals surface area contributed by atoms with E-state index in [1.165, 1.54) is 6.33 Å². The maximum Gasteiger partial charge on any atom is 0.263 e. The van der Waals surface area contributed by atoms with E-state index in [0.717, 1.165) is 6.42 Å². The SMILES string of the molecule is Cc1ccn(CCC(C)C)c(=O)c1C(=O)Nc1nncn1C. The molecule has 2 rings (SSSR count). The number of aryl methyl sites for hydroxylation is 3. The Morgan fingerprint density at radius 1 is 1.41 bits per heavy atom. The fourth-order valence-corrected chi connectivity index (χ4v) is 2.08. The van der Waals surface area contributed by atoms with Gasteiger partial charge in [0.2, 0.25) is 5.95 Å². The van der Waals surface area contributed by atoms with E-state index in [4.69, 9.17) is 0 Å². The van der Waals surface area contributed by atoms with Crippen LogP contribution in [-0.2, 0) is 13.6 Å².